The van der Waals surface area contributed by atoms with Crippen molar-refractivity contribution in [2.24, 2.45) is 0 Å². The van der Waals surface area contributed by atoms with Gasteiger partial charge >= 0.3 is 5.97 Å². The summed E-state index contributed by atoms with van der Waals surface area (Å²) < 4.78 is 18.9. The molecule has 26 heavy (non-hydrogen) atoms. The Kier molecular flexibility index (Phi) is 4.07. The quantitative estimate of drug-likeness (QED) is 0.792. The summed E-state index contributed by atoms with van der Waals surface area (Å²) in [4.78, 5) is 26.7. The van der Waals surface area contributed by atoms with Gasteiger partial charge in [-0.1, -0.05) is 37.3 Å². The first kappa shape index (κ1) is 16.5. The minimum absolute atomic E-state index is 0.0277. The van der Waals surface area contributed by atoms with Gasteiger partial charge in [-0.05, 0) is 35.7 Å². The lowest BCUT2D eigenvalue weighted by molar-refractivity contribution is -0.136. The molecule has 0 aromatic heterocycles. The van der Waals surface area contributed by atoms with Crippen LogP contribution in [0, 0.1) is 5.82 Å². The molecule has 2 aliphatic heterocycles. The molecule has 4 nitrogen and oxygen atoms in total. The lowest BCUT2D eigenvalue weighted by Gasteiger charge is -2.31. The van der Waals surface area contributed by atoms with Crippen molar-refractivity contribution in [3.05, 3.63) is 76.7 Å². The number of hydrogen-bond acceptors (Lipinski definition) is 3. The lowest BCUT2D eigenvalue weighted by Crippen LogP contribution is -2.37. The highest BCUT2D eigenvalue weighted by molar-refractivity contribution is 6.06. The summed E-state index contributed by atoms with van der Waals surface area (Å²) in [5.41, 5.74) is 3.54. The smallest absolute Gasteiger partial charge is 0.336 e. The van der Waals surface area contributed by atoms with Crippen LogP contribution in [0.2, 0.25) is 0 Å². The summed E-state index contributed by atoms with van der Waals surface area (Å²) in [6, 6.07) is 13.8. The van der Waals surface area contributed by atoms with Crippen LogP contribution in [0.5, 0.6) is 0 Å². The van der Waals surface area contributed by atoms with Crippen LogP contribution in [0.3, 0.4) is 0 Å². The van der Waals surface area contributed by atoms with Gasteiger partial charge in [0.15, 0.2) is 0 Å². The van der Waals surface area contributed by atoms with Gasteiger partial charge in [0.2, 0.25) is 5.91 Å². The molecule has 2 heterocycles. The van der Waals surface area contributed by atoms with Crippen LogP contribution in [-0.4, -0.2) is 18.5 Å². The number of benzene rings is 2. The molecule has 2 aromatic carbocycles. The van der Waals surface area contributed by atoms with E-state index in [0.717, 1.165) is 12.0 Å². The van der Waals surface area contributed by atoms with Crippen molar-refractivity contribution in [3.8, 4) is 0 Å². The van der Waals surface area contributed by atoms with Gasteiger partial charge < -0.3 is 4.74 Å². The van der Waals surface area contributed by atoms with Crippen LogP contribution in [0.25, 0.3) is 0 Å². The van der Waals surface area contributed by atoms with Gasteiger partial charge in [0.05, 0.1) is 17.0 Å². The number of anilines is 1. The Bertz CT molecular complexity index is 917. The van der Waals surface area contributed by atoms with Gasteiger partial charge in [-0.15, -0.1) is 0 Å². The average molecular weight is 351 g/mol. The molecule has 0 spiro atoms. The van der Waals surface area contributed by atoms with E-state index < -0.39 is 11.8 Å². The molecule has 0 saturated heterocycles. The molecule has 5 heteroatoms. The third kappa shape index (κ3) is 2.69. The summed E-state index contributed by atoms with van der Waals surface area (Å²) in [7, 11) is 0. The van der Waals surface area contributed by atoms with Crippen molar-refractivity contribution in [3.63, 3.8) is 0 Å². The Hall–Kier alpha value is -2.95. The zero-order valence-corrected chi connectivity index (χ0v) is 14.4. The molecular formula is C21H18FNO3. The molecule has 0 saturated carbocycles. The molecule has 1 atom stereocenters. The molecule has 2 aromatic rings. The SMILES string of the molecule is CCc1ccc([C@@H]2CC(=O)N(c3cccc(F)c3)C3=C2C(=O)OC3)cc1. The van der Waals surface area contributed by atoms with E-state index >= 15 is 0 Å². The van der Waals surface area contributed by atoms with Crippen LogP contribution >= 0.6 is 0 Å². The van der Waals surface area contributed by atoms with Gasteiger partial charge in [0.1, 0.15) is 12.4 Å². The predicted molar refractivity (Wildman–Crippen MR) is 95.0 cm³/mol. The van der Waals surface area contributed by atoms with Crippen LogP contribution in [0.1, 0.15) is 30.4 Å². The maximum absolute atomic E-state index is 13.6. The van der Waals surface area contributed by atoms with Gasteiger partial charge in [-0.25, -0.2) is 9.18 Å². The summed E-state index contributed by atoms with van der Waals surface area (Å²) >= 11 is 0. The van der Waals surface area contributed by atoms with E-state index in [4.69, 9.17) is 4.74 Å². The fourth-order valence-corrected chi connectivity index (χ4v) is 3.64. The molecule has 4 rings (SSSR count). The molecule has 0 N–H and O–H groups in total. The van der Waals surface area contributed by atoms with Crippen LogP contribution < -0.4 is 4.90 Å². The van der Waals surface area contributed by atoms with Gasteiger partial charge in [0.25, 0.3) is 0 Å². The number of aryl methyl sites for hydroxylation is 1. The van der Waals surface area contributed by atoms with E-state index in [1.165, 1.54) is 22.6 Å². The highest BCUT2D eigenvalue weighted by Gasteiger charge is 2.42. The van der Waals surface area contributed by atoms with Crippen molar-refractivity contribution in [1.29, 1.82) is 0 Å². The number of amides is 1. The molecule has 0 radical (unpaired) electrons. The molecule has 1 amide bonds. The molecule has 132 valence electrons. The van der Waals surface area contributed by atoms with Gasteiger partial charge in [-0.2, -0.15) is 0 Å². The van der Waals surface area contributed by atoms with Crippen LogP contribution in [0.4, 0.5) is 10.1 Å². The van der Waals surface area contributed by atoms with Crippen molar-refractivity contribution in [2.45, 2.75) is 25.7 Å². The lowest BCUT2D eigenvalue weighted by atomic mass is 9.83. The van der Waals surface area contributed by atoms with E-state index in [2.05, 4.69) is 6.92 Å². The molecule has 2 aliphatic rings. The maximum Gasteiger partial charge on any atom is 0.336 e. The molecule has 0 bridgehead atoms. The Balaban J connectivity index is 1.80. The summed E-state index contributed by atoms with van der Waals surface area (Å²) in [6.07, 6.45) is 1.07. The molecular weight excluding hydrogens is 333 g/mol. The van der Waals surface area contributed by atoms with E-state index in [0.29, 0.717) is 17.0 Å². The minimum atomic E-state index is -0.431. The number of ether oxygens (including phenoxy) is 1. The largest absolute Gasteiger partial charge is 0.456 e. The third-order valence-electron chi connectivity index (χ3n) is 4.97. The fraction of sp³-hybridized carbons (Fsp3) is 0.238. The van der Waals surface area contributed by atoms with Gasteiger partial charge in [-0.3, -0.25) is 9.69 Å². The number of halogens is 1. The van der Waals surface area contributed by atoms with E-state index in [9.17, 15) is 14.0 Å². The number of cyclic esters (lactones) is 1. The number of esters is 1. The third-order valence-corrected chi connectivity index (χ3v) is 4.97. The fourth-order valence-electron chi connectivity index (χ4n) is 3.64. The van der Waals surface area contributed by atoms with E-state index in [1.54, 1.807) is 12.1 Å². The summed E-state index contributed by atoms with van der Waals surface area (Å²) in [5.74, 6) is -1.33. The van der Waals surface area contributed by atoms with Gasteiger partial charge in [0, 0.05) is 12.3 Å². The summed E-state index contributed by atoms with van der Waals surface area (Å²) in [6.45, 7) is 2.10. The number of hydrogen-bond donors (Lipinski definition) is 0. The average Bonchev–Trinajstić information content (AvgIpc) is 3.02. The van der Waals surface area contributed by atoms with Crippen molar-refractivity contribution < 1.29 is 18.7 Å². The summed E-state index contributed by atoms with van der Waals surface area (Å²) in [5, 5.41) is 0. The van der Waals surface area contributed by atoms with Crippen molar-refractivity contribution >= 4 is 17.6 Å². The second-order valence-electron chi connectivity index (χ2n) is 6.50. The second kappa shape index (κ2) is 6.41. The zero-order valence-electron chi connectivity index (χ0n) is 14.4. The monoisotopic (exact) mass is 351 g/mol. The predicted octanol–water partition coefficient (Wildman–Crippen LogP) is 3.72. The van der Waals surface area contributed by atoms with Crippen LogP contribution in [0.15, 0.2) is 59.8 Å². The van der Waals surface area contributed by atoms with Crippen LogP contribution in [-0.2, 0) is 20.7 Å². The maximum atomic E-state index is 13.6. The Morgan fingerprint density at radius 2 is 1.92 bits per heavy atom. The second-order valence-corrected chi connectivity index (χ2v) is 6.50. The Labute approximate surface area is 150 Å². The minimum Gasteiger partial charge on any atom is -0.456 e. The van der Waals surface area contributed by atoms with Crippen molar-refractivity contribution in [1.82, 2.24) is 0 Å². The first-order valence-electron chi connectivity index (χ1n) is 8.66. The molecule has 0 fully saturated rings. The number of rotatable bonds is 3. The Morgan fingerprint density at radius 3 is 2.62 bits per heavy atom. The Morgan fingerprint density at radius 1 is 1.15 bits per heavy atom. The first-order valence-corrected chi connectivity index (χ1v) is 8.66. The zero-order chi connectivity index (χ0) is 18.3. The highest BCUT2D eigenvalue weighted by atomic mass is 19.1. The normalized spacial score (nSPS) is 19.6. The van der Waals surface area contributed by atoms with E-state index in [-0.39, 0.29) is 24.9 Å². The number of carbonyl (C=O) groups excluding carboxylic acids is 2. The molecule has 0 aliphatic carbocycles. The number of nitrogens with zero attached hydrogens (tertiary/aromatic N) is 1. The standard InChI is InChI=1S/C21H18FNO3/c1-2-13-6-8-14(9-7-13)17-11-19(24)23(16-5-3-4-15(22)10-16)18-12-26-21(25)20(17)18/h3-10,17H,2,11-12H2,1H3/t17-/m0/s1. The number of carbonyl (C=O) groups is 2. The first-order chi connectivity index (χ1) is 12.6. The topological polar surface area (TPSA) is 46.6 Å². The molecule has 0 unspecified atom stereocenters. The highest BCUT2D eigenvalue weighted by Crippen LogP contribution is 2.41. The van der Waals surface area contributed by atoms with Crippen molar-refractivity contribution in [2.75, 3.05) is 11.5 Å². The van der Waals surface area contributed by atoms with E-state index in [1.807, 2.05) is 24.3 Å².